The maximum absolute atomic E-state index is 11.7. The minimum atomic E-state index is -2.94. The lowest BCUT2D eigenvalue weighted by molar-refractivity contribution is 0.146. The SMILES string of the molecule is O=S1(=O)CCCCCC2CCOC21. The first-order chi connectivity index (χ1) is 6.20. The fraction of sp³-hybridized carbons (Fsp3) is 1.00. The predicted octanol–water partition coefficient (Wildman–Crippen LogP) is 1.34. The molecule has 0 aromatic heterocycles. The van der Waals surface area contributed by atoms with E-state index in [0.717, 1.165) is 25.7 Å². The van der Waals surface area contributed by atoms with Gasteiger partial charge in [0.2, 0.25) is 0 Å². The first-order valence-electron chi connectivity index (χ1n) is 5.03. The summed E-state index contributed by atoms with van der Waals surface area (Å²) in [5, 5.41) is 0. The van der Waals surface area contributed by atoms with Crippen molar-refractivity contribution in [1.29, 1.82) is 0 Å². The molecule has 2 unspecified atom stereocenters. The van der Waals surface area contributed by atoms with Crippen LogP contribution in [0.1, 0.15) is 32.1 Å². The molecule has 2 atom stereocenters. The van der Waals surface area contributed by atoms with Crippen LogP contribution >= 0.6 is 0 Å². The van der Waals surface area contributed by atoms with Crippen LogP contribution in [0.2, 0.25) is 0 Å². The smallest absolute Gasteiger partial charge is 0.177 e. The third-order valence-electron chi connectivity index (χ3n) is 3.01. The Kier molecular flexibility index (Phi) is 2.60. The van der Waals surface area contributed by atoms with Gasteiger partial charge in [-0.3, -0.25) is 0 Å². The summed E-state index contributed by atoms with van der Waals surface area (Å²) in [6.45, 7) is 0.633. The van der Waals surface area contributed by atoms with Crippen LogP contribution in [0.15, 0.2) is 0 Å². The Morgan fingerprint density at radius 3 is 2.77 bits per heavy atom. The lowest BCUT2D eigenvalue weighted by atomic mass is 10.0. The van der Waals surface area contributed by atoms with E-state index >= 15 is 0 Å². The summed E-state index contributed by atoms with van der Waals surface area (Å²) < 4.78 is 28.7. The molecule has 3 nitrogen and oxygen atoms in total. The molecule has 0 amide bonds. The zero-order valence-electron chi connectivity index (χ0n) is 7.74. The van der Waals surface area contributed by atoms with Crippen LogP contribution in [-0.4, -0.2) is 26.2 Å². The average molecular weight is 204 g/mol. The summed E-state index contributed by atoms with van der Waals surface area (Å²) >= 11 is 0. The number of fused-ring (bicyclic) bond motifs is 1. The fourth-order valence-corrected chi connectivity index (χ4v) is 4.29. The number of sulfone groups is 1. The molecule has 2 fully saturated rings. The summed E-state index contributed by atoms with van der Waals surface area (Å²) in [6, 6.07) is 0. The highest BCUT2D eigenvalue weighted by Crippen LogP contribution is 2.32. The molecular formula is C9H16O3S. The Bertz CT molecular complexity index is 271. The first kappa shape index (κ1) is 9.46. The van der Waals surface area contributed by atoms with E-state index in [1.165, 1.54) is 6.42 Å². The third-order valence-corrected chi connectivity index (χ3v) is 5.10. The molecule has 4 heteroatoms. The van der Waals surface area contributed by atoms with Crippen LogP contribution in [-0.2, 0) is 14.6 Å². The average Bonchev–Trinajstić information content (AvgIpc) is 2.49. The minimum absolute atomic E-state index is 0.283. The van der Waals surface area contributed by atoms with Gasteiger partial charge in [0.15, 0.2) is 15.3 Å². The molecule has 0 radical (unpaired) electrons. The zero-order chi connectivity index (χ0) is 9.31. The molecule has 2 heterocycles. The fourth-order valence-electron chi connectivity index (χ4n) is 2.29. The van der Waals surface area contributed by atoms with E-state index in [2.05, 4.69) is 0 Å². The van der Waals surface area contributed by atoms with Crippen molar-refractivity contribution in [3.63, 3.8) is 0 Å². The summed E-state index contributed by atoms with van der Waals surface area (Å²) in [5.41, 5.74) is -0.465. The molecule has 0 aromatic carbocycles. The van der Waals surface area contributed by atoms with Crippen LogP contribution in [0.25, 0.3) is 0 Å². The standard InChI is InChI=1S/C9H16O3S/c10-13(11)7-3-1-2-4-8-5-6-12-9(8)13/h8-9H,1-7H2. The molecule has 0 aromatic rings. The van der Waals surface area contributed by atoms with Gasteiger partial charge in [0.25, 0.3) is 0 Å². The minimum Gasteiger partial charge on any atom is -0.362 e. The monoisotopic (exact) mass is 204 g/mol. The Hall–Kier alpha value is -0.0900. The molecule has 2 aliphatic heterocycles. The summed E-state index contributed by atoms with van der Waals surface area (Å²) in [4.78, 5) is 0. The number of rotatable bonds is 0. The van der Waals surface area contributed by atoms with Crippen molar-refractivity contribution in [1.82, 2.24) is 0 Å². The van der Waals surface area contributed by atoms with Gasteiger partial charge in [0.05, 0.1) is 5.75 Å². The summed E-state index contributed by atoms with van der Waals surface area (Å²) in [7, 11) is -2.94. The zero-order valence-corrected chi connectivity index (χ0v) is 8.55. The normalized spacial score (nSPS) is 39.1. The van der Waals surface area contributed by atoms with Gasteiger partial charge in [-0.2, -0.15) is 0 Å². The van der Waals surface area contributed by atoms with Gasteiger partial charge < -0.3 is 4.74 Å². The van der Waals surface area contributed by atoms with Crippen molar-refractivity contribution in [2.45, 2.75) is 37.5 Å². The molecule has 2 rings (SSSR count). The van der Waals surface area contributed by atoms with Gasteiger partial charge in [0, 0.05) is 12.5 Å². The second kappa shape index (κ2) is 3.58. The van der Waals surface area contributed by atoms with E-state index in [1.54, 1.807) is 0 Å². The van der Waals surface area contributed by atoms with Gasteiger partial charge in [-0.25, -0.2) is 8.42 Å². The van der Waals surface area contributed by atoms with Gasteiger partial charge in [-0.15, -0.1) is 0 Å². The number of ether oxygens (including phenoxy) is 1. The Morgan fingerprint density at radius 1 is 1.08 bits per heavy atom. The molecule has 2 saturated heterocycles. The molecular weight excluding hydrogens is 188 g/mol. The second-order valence-electron chi connectivity index (χ2n) is 4.00. The van der Waals surface area contributed by atoms with Crippen LogP contribution in [0.3, 0.4) is 0 Å². The van der Waals surface area contributed by atoms with Crippen LogP contribution in [0.5, 0.6) is 0 Å². The van der Waals surface area contributed by atoms with Gasteiger partial charge in [0.1, 0.15) is 0 Å². The van der Waals surface area contributed by atoms with Crippen molar-refractivity contribution in [2.24, 2.45) is 5.92 Å². The molecule has 0 spiro atoms. The van der Waals surface area contributed by atoms with Crippen LogP contribution < -0.4 is 0 Å². The van der Waals surface area contributed by atoms with Gasteiger partial charge in [-0.1, -0.05) is 12.8 Å². The Morgan fingerprint density at radius 2 is 1.92 bits per heavy atom. The Balaban J connectivity index is 2.18. The summed E-state index contributed by atoms with van der Waals surface area (Å²) in [6.07, 6.45) is 5.01. The van der Waals surface area contributed by atoms with E-state index in [0.29, 0.717) is 12.4 Å². The van der Waals surface area contributed by atoms with Crippen molar-refractivity contribution >= 4 is 9.84 Å². The van der Waals surface area contributed by atoms with Crippen molar-refractivity contribution < 1.29 is 13.2 Å². The van der Waals surface area contributed by atoms with E-state index < -0.39 is 15.3 Å². The predicted molar refractivity (Wildman–Crippen MR) is 50.1 cm³/mol. The highest BCUT2D eigenvalue weighted by atomic mass is 32.2. The highest BCUT2D eigenvalue weighted by Gasteiger charge is 2.38. The topological polar surface area (TPSA) is 43.4 Å². The van der Waals surface area contributed by atoms with E-state index in [9.17, 15) is 8.42 Å². The Labute approximate surface area is 79.4 Å². The molecule has 2 aliphatic rings. The van der Waals surface area contributed by atoms with Crippen molar-refractivity contribution in [3.05, 3.63) is 0 Å². The molecule has 0 aliphatic carbocycles. The summed E-state index contributed by atoms with van der Waals surface area (Å²) in [5.74, 6) is 0.610. The second-order valence-corrected chi connectivity index (χ2v) is 6.20. The first-order valence-corrected chi connectivity index (χ1v) is 6.75. The van der Waals surface area contributed by atoms with Gasteiger partial charge in [-0.05, 0) is 19.3 Å². The van der Waals surface area contributed by atoms with Crippen molar-refractivity contribution in [3.8, 4) is 0 Å². The lowest BCUT2D eigenvalue weighted by Crippen LogP contribution is -2.30. The van der Waals surface area contributed by atoms with E-state index in [-0.39, 0.29) is 5.92 Å². The molecule has 0 bridgehead atoms. The number of hydrogen-bond acceptors (Lipinski definition) is 3. The largest absolute Gasteiger partial charge is 0.362 e. The quantitative estimate of drug-likeness (QED) is 0.598. The van der Waals surface area contributed by atoms with Gasteiger partial charge >= 0.3 is 0 Å². The lowest BCUT2D eigenvalue weighted by Gasteiger charge is -2.21. The van der Waals surface area contributed by atoms with E-state index in [4.69, 9.17) is 4.74 Å². The van der Waals surface area contributed by atoms with Crippen molar-refractivity contribution in [2.75, 3.05) is 12.4 Å². The van der Waals surface area contributed by atoms with Crippen LogP contribution in [0, 0.1) is 5.92 Å². The van der Waals surface area contributed by atoms with E-state index in [1.807, 2.05) is 0 Å². The maximum Gasteiger partial charge on any atom is 0.177 e. The molecule has 0 saturated carbocycles. The number of hydrogen-bond donors (Lipinski definition) is 0. The third kappa shape index (κ3) is 1.89. The molecule has 0 N–H and O–H groups in total. The highest BCUT2D eigenvalue weighted by molar-refractivity contribution is 7.91. The molecule has 13 heavy (non-hydrogen) atoms. The maximum atomic E-state index is 11.7. The van der Waals surface area contributed by atoms with Crippen LogP contribution in [0.4, 0.5) is 0 Å². The molecule has 76 valence electrons.